The topological polar surface area (TPSA) is 79.6 Å². The van der Waals surface area contributed by atoms with E-state index in [-0.39, 0.29) is 17.2 Å². The van der Waals surface area contributed by atoms with Crippen molar-refractivity contribution in [1.29, 1.82) is 0 Å². The molecule has 0 aliphatic carbocycles. The number of rotatable bonds is 3. The van der Waals surface area contributed by atoms with Gasteiger partial charge < -0.3 is 9.80 Å². The second-order valence-electron chi connectivity index (χ2n) is 6.97. The van der Waals surface area contributed by atoms with Gasteiger partial charge in [0.2, 0.25) is 0 Å². The molecule has 8 heteroatoms. The van der Waals surface area contributed by atoms with Crippen LogP contribution in [0.1, 0.15) is 16.1 Å². The van der Waals surface area contributed by atoms with E-state index in [9.17, 15) is 19.3 Å². The molecule has 4 rings (SSSR count). The molecule has 0 atom stereocenters. The van der Waals surface area contributed by atoms with Gasteiger partial charge in [0.25, 0.3) is 11.6 Å². The molecule has 0 saturated carbocycles. The number of halogens is 1. The third kappa shape index (κ3) is 3.49. The highest BCUT2D eigenvalue weighted by Crippen LogP contribution is 2.32. The lowest BCUT2D eigenvalue weighted by atomic mass is 10.1. The normalized spacial score (nSPS) is 14.3. The lowest BCUT2D eigenvalue weighted by Gasteiger charge is -2.36. The summed E-state index contributed by atoms with van der Waals surface area (Å²) >= 11 is 0. The van der Waals surface area contributed by atoms with Gasteiger partial charge in [-0.15, -0.1) is 0 Å². The highest BCUT2D eigenvalue weighted by Gasteiger charge is 2.26. The van der Waals surface area contributed by atoms with E-state index in [2.05, 4.69) is 9.88 Å². The first-order valence-electron chi connectivity index (χ1n) is 9.29. The standard InChI is InChI=1S/C21H19FN4O3/c1-14-13-19(16-6-4-8-18(26(28)29)20(16)23-14)24-9-11-25(12-10-24)21(27)15-5-2-3-7-17(15)22/h2-8,13H,9-12H2,1H3. The molecule has 3 aromatic rings. The number of hydrogen-bond donors (Lipinski definition) is 0. The summed E-state index contributed by atoms with van der Waals surface area (Å²) in [4.78, 5) is 31.7. The van der Waals surface area contributed by atoms with E-state index < -0.39 is 10.7 Å². The fourth-order valence-corrected chi connectivity index (χ4v) is 3.70. The van der Waals surface area contributed by atoms with Gasteiger partial charge in [0.15, 0.2) is 5.52 Å². The molecule has 0 spiro atoms. The highest BCUT2D eigenvalue weighted by molar-refractivity contribution is 5.97. The van der Waals surface area contributed by atoms with Crippen LogP contribution < -0.4 is 4.90 Å². The van der Waals surface area contributed by atoms with Gasteiger partial charge in [0, 0.05) is 49.0 Å². The van der Waals surface area contributed by atoms with Gasteiger partial charge in [-0.2, -0.15) is 0 Å². The number of benzene rings is 2. The van der Waals surface area contributed by atoms with Crippen molar-refractivity contribution < 1.29 is 14.1 Å². The molecule has 2 heterocycles. The van der Waals surface area contributed by atoms with Gasteiger partial charge in [-0.3, -0.25) is 14.9 Å². The van der Waals surface area contributed by atoms with E-state index in [0.717, 1.165) is 5.69 Å². The summed E-state index contributed by atoms with van der Waals surface area (Å²) in [5.41, 5.74) is 1.95. The average Bonchev–Trinajstić information content (AvgIpc) is 2.72. The molecule has 0 N–H and O–H groups in total. The zero-order chi connectivity index (χ0) is 20.5. The predicted molar refractivity (Wildman–Crippen MR) is 108 cm³/mol. The molecule has 1 aromatic heterocycles. The molecule has 1 amide bonds. The minimum Gasteiger partial charge on any atom is -0.367 e. The number of aromatic nitrogens is 1. The number of nitro groups is 1. The highest BCUT2D eigenvalue weighted by atomic mass is 19.1. The number of anilines is 1. The molecule has 0 unspecified atom stereocenters. The first kappa shape index (κ1) is 18.8. The summed E-state index contributed by atoms with van der Waals surface area (Å²) in [6, 6.07) is 12.8. The molecule has 1 aliphatic rings. The minimum atomic E-state index is -0.525. The number of aryl methyl sites for hydroxylation is 1. The average molecular weight is 394 g/mol. The van der Waals surface area contributed by atoms with E-state index in [1.807, 2.05) is 12.1 Å². The van der Waals surface area contributed by atoms with Gasteiger partial charge in [-0.1, -0.05) is 24.3 Å². The van der Waals surface area contributed by atoms with Crippen molar-refractivity contribution in [2.75, 3.05) is 31.1 Å². The Bertz CT molecular complexity index is 1110. The first-order valence-corrected chi connectivity index (χ1v) is 9.29. The fourth-order valence-electron chi connectivity index (χ4n) is 3.70. The van der Waals surface area contributed by atoms with Crippen LogP contribution in [-0.4, -0.2) is 46.9 Å². The lowest BCUT2D eigenvalue weighted by Crippen LogP contribution is -2.49. The van der Waals surface area contributed by atoms with Crippen LogP contribution in [0.3, 0.4) is 0 Å². The number of nitro benzene ring substituents is 1. The summed E-state index contributed by atoms with van der Waals surface area (Å²) in [5.74, 6) is -0.850. The van der Waals surface area contributed by atoms with Crippen LogP contribution in [-0.2, 0) is 0 Å². The number of carbonyl (C=O) groups is 1. The predicted octanol–water partition coefficient (Wildman–Crippen LogP) is 3.55. The largest absolute Gasteiger partial charge is 0.367 e. The van der Waals surface area contributed by atoms with Crippen LogP contribution in [0.25, 0.3) is 10.9 Å². The van der Waals surface area contributed by atoms with Crippen LogP contribution >= 0.6 is 0 Å². The number of amides is 1. The molecule has 0 bridgehead atoms. The number of non-ortho nitro benzene ring substituents is 1. The van der Waals surface area contributed by atoms with Gasteiger partial charge in [-0.05, 0) is 25.1 Å². The monoisotopic (exact) mass is 394 g/mol. The van der Waals surface area contributed by atoms with Crippen molar-refractivity contribution in [3.05, 3.63) is 75.7 Å². The van der Waals surface area contributed by atoms with Crippen LogP contribution in [0.15, 0.2) is 48.5 Å². The number of carbonyl (C=O) groups excluding carboxylic acids is 1. The molecular formula is C21H19FN4O3. The SMILES string of the molecule is Cc1cc(N2CCN(C(=O)c3ccccc3F)CC2)c2cccc([N+](=O)[O-])c2n1. The van der Waals surface area contributed by atoms with Crippen molar-refractivity contribution in [2.45, 2.75) is 6.92 Å². The Kier molecular flexibility index (Phi) is 4.84. The molecule has 148 valence electrons. The molecular weight excluding hydrogens is 375 g/mol. The molecule has 7 nitrogen and oxygen atoms in total. The molecule has 1 fully saturated rings. The minimum absolute atomic E-state index is 0.0270. The Morgan fingerprint density at radius 3 is 2.52 bits per heavy atom. The maximum absolute atomic E-state index is 13.9. The number of para-hydroxylation sites is 1. The Balaban J connectivity index is 1.60. The molecule has 29 heavy (non-hydrogen) atoms. The van der Waals surface area contributed by atoms with Gasteiger partial charge in [0.05, 0.1) is 10.5 Å². The smallest absolute Gasteiger partial charge is 0.295 e. The van der Waals surface area contributed by atoms with E-state index in [4.69, 9.17) is 0 Å². The van der Waals surface area contributed by atoms with Crippen molar-refractivity contribution in [2.24, 2.45) is 0 Å². The first-order chi connectivity index (χ1) is 14.0. The second kappa shape index (κ2) is 7.46. The molecule has 2 aromatic carbocycles. The molecule has 1 aliphatic heterocycles. The Morgan fingerprint density at radius 1 is 1.10 bits per heavy atom. The van der Waals surface area contributed by atoms with Crippen molar-refractivity contribution in [1.82, 2.24) is 9.88 Å². The van der Waals surface area contributed by atoms with Gasteiger partial charge in [0.1, 0.15) is 5.82 Å². The lowest BCUT2D eigenvalue weighted by molar-refractivity contribution is -0.383. The Labute approximate surface area is 166 Å². The van der Waals surface area contributed by atoms with E-state index in [0.29, 0.717) is 42.8 Å². The maximum Gasteiger partial charge on any atom is 0.295 e. The van der Waals surface area contributed by atoms with Crippen LogP contribution in [0.5, 0.6) is 0 Å². The van der Waals surface area contributed by atoms with Crippen LogP contribution in [0.4, 0.5) is 15.8 Å². The zero-order valence-electron chi connectivity index (χ0n) is 15.8. The Morgan fingerprint density at radius 2 is 1.83 bits per heavy atom. The number of piperazine rings is 1. The number of fused-ring (bicyclic) bond motifs is 1. The molecule has 1 saturated heterocycles. The van der Waals surface area contributed by atoms with Crippen molar-refractivity contribution in [3.8, 4) is 0 Å². The van der Waals surface area contributed by atoms with Crippen LogP contribution in [0.2, 0.25) is 0 Å². The van der Waals surface area contributed by atoms with Crippen molar-refractivity contribution in [3.63, 3.8) is 0 Å². The van der Waals surface area contributed by atoms with E-state index in [1.165, 1.54) is 18.2 Å². The van der Waals surface area contributed by atoms with E-state index in [1.54, 1.807) is 30.0 Å². The number of hydrogen-bond acceptors (Lipinski definition) is 5. The quantitative estimate of drug-likeness (QED) is 0.501. The summed E-state index contributed by atoms with van der Waals surface area (Å²) < 4.78 is 13.9. The third-order valence-corrected chi connectivity index (χ3v) is 5.13. The third-order valence-electron chi connectivity index (χ3n) is 5.13. The summed E-state index contributed by atoms with van der Waals surface area (Å²) in [6.07, 6.45) is 0. The fraction of sp³-hybridized carbons (Fsp3) is 0.238. The summed E-state index contributed by atoms with van der Waals surface area (Å²) in [5, 5.41) is 12.1. The van der Waals surface area contributed by atoms with Gasteiger partial charge in [-0.25, -0.2) is 9.37 Å². The summed E-state index contributed by atoms with van der Waals surface area (Å²) in [6.45, 7) is 3.76. The second-order valence-corrected chi connectivity index (χ2v) is 6.97. The van der Waals surface area contributed by atoms with Crippen LogP contribution in [0, 0.1) is 22.9 Å². The van der Waals surface area contributed by atoms with Crippen molar-refractivity contribution >= 4 is 28.2 Å². The summed E-state index contributed by atoms with van der Waals surface area (Å²) in [7, 11) is 0. The maximum atomic E-state index is 13.9. The van der Waals surface area contributed by atoms with E-state index >= 15 is 0 Å². The molecule has 0 radical (unpaired) electrons. The van der Waals surface area contributed by atoms with Gasteiger partial charge >= 0.3 is 0 Å². The number of pyridine rings is 1. The zero-order valence-corrected chi connectivity index (χ0v) is 15.8. The number of nitrogens with zero attached hydrogens (tertiary/aromatic N) is 4. The Hall–Kier alpha value is -3.55.